The van der Waals surface area contributed by atoms with E-state index >= 15 is 0 Å². The van der Waals surface area contributed by atoms with Crippen molar-refractivity contribution < 1.29 is 22.3 Å². The second kappa shape index (κ2) is 9.14. The summed E-state index contributed by atoms with van der Waals surface area (Å²) in [5, 5.41) is 2.89. The first-order valence-electron chi connectivity index (χ1n) is 10.0. The van der Waals surface area contributed by atoms with Crippen LogP contribution in [0.2, 0.25) is 0 Å². The predicted octanol–water partition coefficient (Wildman–Crippen LogP) is 3.33. The molecule has 0 radical (unpaired) electrons. The largest absolute Gasteiger partial charge is 0.494 e. The summed E-state index contributed by atoms with van der Waals surface area (Å²) < 4.78 is 45.6. The Bertz CT molecular complexity index is 967. The molecule has 1 saturated heterocycles. The molecule has 0 atom stereocenters. The second-order valence-corrected chi connectivity index (χ2v) is 9.62. The first-order chi connectivity index (χ1) is 14.2. The maximum Gasteiger partial charge on any atom is 0.243 e. The Labute approximate surface area is 177 Å². The van der Waals surface area contributed by atoms with Crippen LogP contribution in [0.5, 0.6) is 5.75 Å². The zero-order valence-corrected chi connectivity index (χ0v) is 18.0. The van der Waals surface area contributed by atoms with E-state index in [1.807, 2.05) is 13.8 Å². The van der Waals surface area contributed by atoms with Crippen LogP contribution in [0.1, 0.15) is 32.3 Å². The Balaban J connectivity index is 1.59. The molecule has 0 spiro atoms. The van der Waals surface area contributed by atoms with Gasteiger partial charge in [-0.2, -0.15) is 4.31 Å². The molecule has 6 nitrogen and oxygen atoms in total. The number of halogens is 1. The topological polar surface area (TPSA) is 75.7 Å². The van der Waals surface area contributed by atoms with Crippen molar-refractivity contribution in [2.24, 2.45) is 5.41 Å². The molecule has 2 aromatic carbocycles. The Morgan fingerprint density at radius 3 is 2.27 bits per heavy atom. The summed E-state index contributed by atoms with van der Waals surface area (Å²) in [6.45, 7) is 5.09. The van der Waals surface area contributed by atoms with Gasteiger partial charge in [-0.05, 0) is 61.7 Å². The van der Waals surface area contributed by atoms with Crippen molar-refractivity contribution >= 4 is 15.9 Å². The molecule has 0 aromatic heterocycles. The van der Waals surface area contributed by atoms with Crippen LogP contribution in [-0.4, -0.2) is 38.3 Å². The number of nitrogens with zero attached hydrogens (tertiary/aromatic N) is 1. The van der Waals surface area contributed by atoms with Crippen LogP contribution in [-0.2, 0) is 21.4 Å². The van der Waals surface area contributed by atoms with Crippen LogP contribution in [0.3, 0.4) is 0 Å². The fourth-order valence-corrected chi connectivity index (χ4v) is 4.91. The van der Waals surface area contributed by atoms with Crippen LogP contribution >= 0.6 is 0 Å². The van der Waals surface area contributed by atoms with Gasteiger partial charge in [-0.1, -0.05) is 19.1 Å². The summed E-state index contributed by atoms with van der Waals surface area (Å²) >= 11 is 0. The Morgan fingerprint density at radius 2 is 1.70 bits per heavy atom. The van der Waals surface area contributed by atoms with Crippen molar-refractivity contribution in [1.82, 2.24) is 9.62 Å². The Hall–Kier alpha value is -2.45. The van der Waals surface area contributed by atoms with Gasteiger partial charge in [-0.25, -0.2) is 12.8 Å². The maximum absolute atomic E-state index is 13.0. The van der Waals surface area contributed by atoms with Crippen LogP contribution in [0, 0.1) is 11.2 Å². The highest BCUT2D eigenvalue weighted by atomic mass is 32.2. The Kier molecular flexibility index (Phi) is 6.77. The van der Waals surface area contributed by atoms with Crippen molar-refractivity contribution in [2.75, 3.05) is 19.7 Å². The van der Waals surface area contributed by atoms with Gasteiger partial charge in [0.15, 0.2) is 0 Å². The normalized spacial score (nSPS) is 16.8. The minimum absolute atomic E-state index is 0.120. The number of hydrogen-bond acceptors (Lipinski definition) is 4. The van der Waals surface area contributed by atoms with Gasteiger partial charge < -0.3 is 10.1 Å². The van der Waals surface area contributed by atoms with Crippen LogP contribution in [0.25, 0.3) is 0 Å². The van der Waals surface area contributed by atoms with E-state index < -0.39 is 15.4 Å². The number of ether oxygens (including phenoxy) is 1. The van der Waals surface area contributed by atoms with Gasteiger partial charge in [-0.15, -0.1) is 0 Å². The van der Waals surface area contributed by atoms with Gasteiger partial charge >= 0.3 is 0 Å². The maximum atomic E-state index is 13.0. The number of piperidine rings is 1. The number of carbonyl (C=O) groups excluding carboxylic acids is 1. The molecule has 2 aromatic rings. The number of sulfonamides is 1. The third-order valence-electron chi connectivity index (χ3n) is 5.51. The van der Waals surface area contributed by atoms with Crippen LogP contribution in [0.4, 0.5) is 4.39 Å². The molecule has 1 aliphatic heterocycles. The molecule has 0 aliphatic carbocycles. The van der Waals surface area contributed by atoms with Crippen molar-refractivity contribution in [3.8, 4) is 5.75 Å². The monoisotopic (exact) mass is 434 g/mol. The van der Waals surface area contributed by atoms with Gasteiger partial charge in [0.1, 0.15) is 11.6 Å². The third kappa shape index (κ3) is 4.99. The van der Waals surface area contributed by atoms with Gasteiger partial charge in [0.25, 0.3) is 0 Å². The molecule has 1 heterocycles. The van der Waals surface area contributed by atoms with Crippen LogP contribution in [0.15, 0.2) is 53.4 Å². The lowest BCUT2D eigenvalue weighted by Gasteiger charge is -2.37. The van der Waals surface area contributed by atoms with E-state index in [4.69, 9.17) is 4.74 Å². The van der Waals surface area contributed by atoms with E-state index in [1.54, 1.807) is 36.4 Å². The fraction of sp³-hybridized carbons (Fsp3) is 0.409. The average molecular weight is 435 g/mol. The molecule has 1 amide bonds. The minimum atomic E-state index is -3.62. The number of carbonyl (C=O) groups is 1. The first-order valence-corrected chi connectivity index (χ1v) is 11.4. The standard InChI is InChI=1S/C22H27FN2O4S/c1-3-29-19-8-10-20(11-9-19)30(27,28)25-14-12-22(2,13-15-25)21(26)24-16-17-4-6-18(23)7-5-17/h4-11H,3,12-16H2,1-2H3,(H,24,26). The van der Waals surface area contributed by atoms with Gasteiger partial charge in [0.2, 0.25) is 15.9 Å². The average Bonchev–Trinajstić information content (AvgIpc) is 2.74. The van der Waals surface area contributed by atoms with Gasteiger partial charge in [-0.3, -0.25) is 4.79 Å². The molecule has 1 fully saturated rings. The van der Waals surface area contributed by atoms with E-state index in [0.717, 1.165) is 5.56 Å². The highest BCUT2D eigenvalue weighted by molar-refractivity contribution is 7.89. The van der Waals surface area contributed by atoms with Crippen molar-refractivity contribution in [3.05, 3.63) is 59.9 Å². The van der Waals surface area contributed by atoms with Crippen LogP contribution < -0.4 is 10.1 Å². The number of nitrogens with one attached hydrogen (secondary N) is 1. The van der Waals surface area contributed by atoms with E-state index in [-0.39, 0.29) is 29.7 Å². The molecule has 0 bridgehead atoms. The highest BCUT2D eigenvalue weighted by Gasteiger charge is 2.40. The molecule has 30 heavy (non-hydrogen) atoms. The zero-order valence-electron chi connectivity index (χ0n) is 17.2. The molecule has 0 unspecified atom stereocenters. The molecule has 8 heteroatoms. The van der Waals surface area contributed by atoms with Gasteiger partial charge in [0, 0.05) is 25.0 Å². The number of amides is 1. The second-order valence-electron chi connectivity index (χ2n) is 7.68. The predicted molar refractivity (Wildman–Crippen MR) is 112 cm³/mol. The van der Waals surface area contributed by atoms with E-state index in [1.165, 1.54) is 16.4 Å². The molecule has 3 rings (SSSR count). The van der Waals surface area contributed by atoms with E-state index in [2.05, 4.69) is 5.32 Å². The fourth-order valence-electron chi connectivity index (χ4n) is 3.47. The zero-order chi connectivity index (χ0) is 21.8. The molecular weight excluding hydrogens is 407 g/mol. The summed E-state index contributed by atoms with van der Waals surface area (Å²) in [6.07, 6.45) is 0.858. The highest BCUT2D eigenvalue weighted by Crippen LogP contribution is 2.34. The molecule has 162 valence electrons. The molecular formula is C22H27FN2O4S. The summed E-state index contributed by atoms with van der Waals surface area (Å²) in [6, 6.07) is 12.3. The summed E-state index contributed by atoms with van der Waals surface area (Å²) in [5.74, 6) is 0.184. The van der Waals surface area contributed by atoms with E-state index in [0.29, 0.717) is 31.7 Å². The van der Waals surface area contributed by atoms with Gasteiger partial charge in [0.05, 0.1) is 11.5 Å². The minimum Gasteiger partial charge on any atom is -0.494 e. The van der Waals surface area contributed by atoms with Crippen molar-refractivity contribution in [2.45, 2.75) is 38.1 Å². The molecule has 1 N–H and O–H groups in total. The summed E-state index contributed by atoms with van der Waals surface area (Å²) in [7, 11) is -3.62. The lowest BCUT2D eigenvalue weighted by Crippen LogP contribution is -2.48. The number of hydrogen-bond donors (Lipinski definition) is 1. The third-order valence-corrected chi connectivity index (χ3v) is 7.43. The summed E-state index contributed by atoms with van der Waals surface area (Å²) in [4.78, 5) is 12.9. The van der Waals surface area contributed by atoms with Crippen molar-refractivity contribution in [3.63, 3.8) is 0 Å². The molecule has 1 aliphatic rings. The smallest absolute Gasteiger partial charge is 0.243 e. The lowest BCUT2D eigenvalue weighted by atomic mass is 9.80. The lowest BCUT2D eigenvalue weighted by molar-refractivity contribution is -0.132. The number of rotatable bonds is 7. The quantitative estimate of drug-likeness (QED) is 0.725. The van der Waals surface area contributed by atoms with E-state index in [9.17, 15) is 17.6 Å². The number of benzene rings is 2. The molecule has 0 saturated carbocycles. The van der Waals surface area contributed by atoms with Crippen molar-refractivity contribution in [1.29, 1.82) is 0 Å². The Morgan fingerprint density at radius 1 is 1.10 bits per heavy atom. The summed E-state index contributed by atoms with van der Waals surface area (Å²) in [5.41, 5.74) is 0.161. The SMILES string of the molecule is CCOc1ccc(S(=O)(=O)N2CCC(C)(C(=O)NCc3ccc(F)cc3)CC2)cc1. The first kappa shape index (κ1) is 22.2.